The van der Waals surface area contributed by atoms with Crippen molar-refractivity contribution >= 4 is 31.8 Å². The maximum Gasteiger partial charge on any atom is 0.407 e. The van der Waals surface area contributed by atoms with E-state index >= 15 is 0 Å². The third-order valence-corrected chi connectivity index (χ3v) is 16.2. The maximum absolute atomic E-state index is 11.7. The van der Waals surface area contributed by atoms with E-state index in [1.54, 1.807) is 13.1 Å². The molecule has 3 fully saturated rings. The van der Waals surface area contributed by atoms with Gasteiger partial charge in [-0.3, -0.25) is 4.90 Å². The SMILES string of the molecule is Cc1noc(C)c1-c1nc(-c2cc(OC[C@@H](CN(C)C(=O)O)O[Si](C)(C)C(C)(C)C)ccc2Cl)nc(N2CCC3(CCN(C4CC4)C3)C2)c1C. The van der Waals surface area contributed by atoms with Crippen LogP contribution in [0.1, 0.15) is 63.5 Å². The number of carboxylic acid groups (broad SMARTS) is 1. The number of hydrogen-bond donors (Lipinski definition) is 1. The van der Waals surface area contributed by atoms with Gasteiger partial charge in [-0.2, -0.15) is 0 Å². The van der Waals surface area contributed by atoms with Crippen molar-refractivity contribution in [2.24, 2.45) is 5.41 Å². The average Bonchev–Trinajstić information content (AvgIpc) is 3.56. The molecule has 4 heterocycles. The predicted molar refractivity (Wildman–Crippen MR) is 199 cm³/mol. The Hall–Kier alpha value is -3.19. The number of aryl methyl sites for hydroxylation is 2. The fourth-order valence-electron chi connectivity index (χ4n) is 7.22. The van der Waals surface area contributed by atoms with Gasteiger partial charge >= 0.3 is 6.09 Å². The first-order valence-electron chi connectivity index (χ1n) is 17.8. The summed E-state index contributed by atoms with van der Waals surface area (Å²) in [6, 6.07) is 6.27. The summed E-state index contributed by atoms with van der Waals surface area (Å²) in [7, 11) is -0.679. The Balaban J connectivity index is 1.32. The third-order valence-electron chi connectivity index (χ3n) is 11.3. The summed E-state index contributed by atoms with van der Waals surface area (Å²) < 4.78 is 18.6. The van der Waals surface area contributed by atoms with Gasteiger partial charge in [-0.15, -0.1) is 0 Å². The van der Waals surface area contributed by atoms with E-state index in [4.69, 9.17) is 35.3 Å². The zero-order valence-electron chi connectivity index (χ0n) is 31.1. The van der Waals surface area contributed by atoms with E-state index in [0.717, 1.165) is 60.4 Å². The molecule has 0 radical (unpaired) electrons. The largest absolute Gasteiger partial charge is 0.491 e. The lowest BCUT2D eigenvalue weighted by atomic mass is 9.86. The van der Waals surface area contributed by atoms with Gasteiger partial charge in [0, 0.05) is 49.3 Å². The molecule has 1 saturated carbocycles. The van der Waals surface area contributed by atoms with Gasteiger partial charge in [0.05, 0.1) is 34.6 Å². The summed E-state index contributed by atoms with van der Waals surface area (Å²) in [6.07, 6.45) is 3.57. The van der Waals surface area contributed by atoms with Crippen LogP contribution in [0, 0.1) is 26.2 Å². The molecule has 1 aliphatic carbocycles. The van der Waals surface area contributed by atoms with Crippen molar-refractivity contribution < 1.29 is 23.6 Å². The lowest BCUT2D eigenvalue weighted by Crippen LogP contribution is -2.49. The summed E-state index contributed by atoms with van der Waals surface area (Å²) in [5, 5.41) is 14.3. The number of ether oxygens (including phenoxy) is 1. The third kappa shape index (κ3) is 7.54. The summed E-state index contributed by atoms with van der Waals surface area (Å²) >= 11 is 6.90. The van der Waals surface area contributed by atoms with E-state index in [1.807, 2.05) is 26.0 Å². The van der Waals surface area contributed by atoms with Crippen molar-refractivity contribution in [1.82, 2.24) is 24.9 Å². The minimum absolute atomic E-state index is 0.0523. The minimum Gasteiger partial charge on any atom is -0.491 e. The predicted octanol–water partition coefficient (Wildman–Crippen LogP) is 7.82. The lowest BCUT2D eigenvalue weighted by molar-refractivity contribution is 0.0794. The molecule has 1 spiro atoms. The Kier molecular flexibility index (Phi) is 10.1. The van der Waals surface area contributed by atoms with Gasteiger partial charge in [-0.25, -0.2) is 14.8 Å². The molecule has 1 unspecified atom stereocenters. The number of amides is 1. The summed E-state index contributed by atoms with van der Waals surface area (Å²) in [5.74, 6) is 2.69. The zero-order valence-corrected chi connectivity index (χ0v) is 32.9. The van der Waals surface area contributed by atoms with Crippen LogP contribution in [-0.4, -0.2) is 103 Å². The fourth-order valence-corrected chi connectivity index (χ4v) is 8.75. The van der Waals surface area contributed by atoms with E-state index in [9.17, 15) is 9.90 Å². The highest BCUT2D eigenvalue weighted by Crippen LogP contribution is 2.46. The molecular weight excluding hydrogens is 672 g/mol. The standard InChI is InChI=1S/C37H53ClN6O5Si/c1-23-32(31-24(2)41-48-25(31)3)39-33(40-34(23)44-17-15-37(22-44)14-16-43(21-37)26-10-11-26)29-18-27(12-13-30(29)38)47-20-28(19-42(7)35(45)46)49-50(8,9)36(4,5)6/h12-13,18,26,28H,10-11,14-17,19-22H2,1-9H3,(H,45,46)/t28-,37?/m1/s1. The molecule has 272 valence electrons. The van der Waals surface area contributed by atoms with Gasteiger partial charge in [-0.05, 0) is 89.3 Å². The highest BCUT2D eigenvalue weighted by molar-refractivity contribution is 6.74. The Bertz CT molecular complexity index is 1720. The van der Waals surface area contributed by atoms with Gasteiger partial charge in [0.1, 0.15) is 23.9 Å². The first kappa shape index (κ1) is 36.6. The van der Waals surface area contributed by atoms with E-state index < -0.39 is 20.5 Å². The maximum atomic E-state index is 11.7. The molecule has 3 aliphatic rings. The number of benzene rings is 1. The topological polar surface area (TPSA) is 117 Å². The van der Waals surface area contributed by atoms with Crippen LogP contribution in [0.3, 0.4) is 0 Å². The average molecular weight is 725 g/mol. The van der Waals surface area contributed by atoms with E-state index in [0.29, 0.717) is 27.9 Å². The molecule has 13 heteroatoms. The summed E-state index contributed by atoms with van der Waals surface area (Å²) in [6.45, 7) is 21.3. The molecular formula is C37H53ClN6O5Si. The van der Waals surface area contributed by atoms with E-state index in [-0.39, 0.29) is 23.6 Å². The number of rotatable bonds is 11. The van der Waals surface area contributed by atoms with Gasteiger partial charge in [0.25, 0.3) is 0 Å². The number of aromatic nitrogens is 3. The lowest BCUT2D eigenvalue weighted by Gasteiger charge is -2.39. The molecule has 0 bridgehead atoms. The van der Waals surface area contributed by atoms with Crippen LogP contribution < -0.4 is 9.64 Å². The van der Waals surface area contributed by atoms with E-state index in [1.165, 1.54) is 30.7 Å². The Morgan fingerprint density at radius 2 is 1.88 bits per heavy atom. The van der Waals surface area contributed by atoms with Crippen LogP contribution in [-0.2, 0) is 4.43 Å². The van der Waals surface area contributed by atoms with Crippen molar-refractivity contribution in [2.45, 2.75) is 97.5 Å². The number of likely N-dealkylation sites (N-methyl/N-ethyl adjacent to an activating group) is 1. The smallest absolute Gasteiger partial charge is 0.407 e. The molecule has 2 aromatic heterocycles. The number of halogens is 1. The van der Waals surface area contributed by atoms with Gasteiger partial charge in [-0.1, -0.05) is 37.5 Å². The van der Waals surface area contributed by atoms with Crippen LogP contribution in [0.15, 0.2) is 22.7 Å². The summed E-state index contributed by atoms with van der Waals surface area (Å²) in [5.41, 5.74) is 4.37. The number of hydrogen-bond acceptors (Lipinski definition) is 9. The van der Waals surface area contributed by atoms with Crippen LogP contribution in [0.2, 0.25) is 23.2 Å². The summed E-state index contributed by atoms with van der Waals surface area (Å²) in [4.78, 5) is 28.5. The molecule has 1 aromatic carbocycles. The molecule has 2 atom stereocenters. The Morgan fingerprint density at radius 1 is 1.16 bits per heavy atom. The fraction of sp³-hybridized carbons (Fsp3) is 0.622. The molecule has 1 N–H and O–H groups in total. The van der Waals surface area contributed by atoms with Crippen molar-refractivity contribution in [3.63, 3.8) is 0 Å². The first-order valence-corrected chi connectivity index (χ1v) is 21.1. The van der Waals surface area contributed by atoms with Gasteiger partial charge < -0.3 is 28.6 Å². The highest BCUT2D eigenvalue weighted by Gasteiger charge is 2.47. The number of likely N-dealkylation sites (tertiary alicyclic amines) is 1. The molecule has 6 rings (SSSR count). The van der Waals surface area contributed by atoms with Crippen molar-refractivity contribution in [3.8, 4) is 28.4 Å². The second-order valence-corrected chi connectivity index (χ2v) is 21.4. The molecule has 2 aliphatic heterocycles. The monoisotopic (exact) mass is 724 g/mol. The minimum atomic E-state index is -2.23. The van der Waals surface area contributed by atoms with Crippen molar-refractivity contribution in [3.05, 3.63) is 40.2 Å². The normalized spacial score (nSPS) is 20.6. The molecule has 11 nitrogen and oxygen atoms in total. The quantitative estimate of drug-likeness (QED) is 0.196. The van der Waals surface area contributed by atoms with Crippen molar-refractivity contribution in [2.75, 3.05) is 51.3 Å². The van der Waals surface area contributed by atoms with Crippen LogP contribution >= 0.6 is 11.6 Å². The first-order chi connectivity index (χ1) is 23.5. The number of anilines is 1. The van der Waals surface area contributed by atoms with Crippen LogP contribution in [0.5, 0.6) is 5.75 Å². The molecule has 2 saturated heterocycles. The van der Waals surface area contributed by atoms with Gasteiger partial charge in [0.2, 0.25) is 0 Å². The Labute approximate surface area is 302 Å². The van der Waals surface area contributed by atoms with Crippen molar-refractivity contribution in [1.29, 1.82) is 0 Å². The Morgan fingerprint density at radius 3 is 2.52 bits per heavy atom. The molecule has 1 amide bonds. The van der Waals surface area contributed by atoms with Crippen LogP contribution in [0.25, 0.3) is 22.6 Å². The number of nitrogens with zero attached hydrogens (tertiary/aromatic N) is 6. The zero-order chi connectivity index (χ0) is 36.2. The van der Waals surface area contributed by atoms with Crippen LogP contribution in [0.4, 0.5) is 10.6 Å². The number of carbonyl (C=O) groups is 1. The highest BCUT2D eigenvalue weighted by atomic mass is 35.5. The molecule has 3 aromatic rings. The second-order valence-electron chi connectivity index (χ2n) is 16.3. The van der Waals surface area contributed by atoms with Gasteiger partial charge in [0.15, 0.2) is 14.1 Å². The van der Waals surface area contributed by atoms with E-state index in [2.05, 4.69) is 55.7 Å². The second kappa shape index (κ2) is 13.7. The molecule has 50 heavy (non-hydrogen) atoms.